The summed E-state index contributed by atoms with van der Waals surface area (Å²) in [5.41, 5.74) is -7.42. The molecule has 53 heavy (non-hydrogen) atoms. The van der Waals surface area contributed by atoms with Crippen molar-refractivity contribution < 1.29 is 62.5 Å². The maximum Gasteiger partial charge on any atom is 0.338 e. The summed E-state index contributed by atoms with van der Waals surface area (Å²) < 4.78 is 45.3. The molecular weight excluding hydrogens is 688 g/mol. The first-order chi connectivity index (χ1) is 24.9. The fourth-order valence-electron chi connectivity index (χ4n) is 10.4. The van der Waals surface area contributed by atoms with Crippen LogP contribution in [0, 0.1) is 23.7 Å². The van der Waals surface area contributed by atoms with Crippen molar-refractivity contribution in [3.63, 3.8) is 0 Å². The van der Waals surface area contributed by atoms with E-state index in [9.17, 15) is 29.4 Å². The fraction of sp³-hybridized carbons (Fsp3) is 0.550. The van der Waals surface area contributed by atoms with E-state index >= 15 is 0 Å². The second kappa shape index (κ2) is 12.5. The molecular formula is C40H46O13. The van der Waals surface area contributed by atoms with Crippen LogP contribution in [0.15, 0.2) is 72.8 Å². The molecule has 2 aromatic carbocycles. The van der Waals surface area contributed by atoms with Crippen LogP contribution in [0.2, 0.25) is 0 Å². The number of carbonyl (C=O) groups excluding carboxylic acids is 4. The van der Waals surface area contributed by atoms with E-state index in [-0.39, 0.29) is 17.6 Å². The number of fused-ring (bicyclic) bond motifs is 1. The van der Waals surface area contributed by atoms with Gasteiger partial charge in [-0.2, -0.15) is 0 Å². The molecule has 4 bridgehead atoms. The van der Waals surface area contributed by atoms with Gasteiger partial charge in [-0.05, 0) is 43.9 Å². The van der Waals surface area contributed by atoms with Crippen LogP contribution in [0.1, 0.15) is 70.8 Å². The number of aliphatic hydroxyl groups is 2. The van der Waals surface area contributed by atoms with E-state index < -0.39 is 106 Å². The minimum absolute atomic E-state index is 0.108. The molecule has 14 atom stereocenters. The molecule has 3 aliphatic carbocycles. The normalized spacial score (nSPS) is 43.5. The fourth-order valence-corrected chi connectivity index (χ4v) is 10.4. The van der Waals surface area contributed by atoms with Gasteiger partial charge in [0, 0.05) is 38.2 Å². The number of carbonyl (C=O) groups is 4. The lowest BCUT2D eigenvalue weighted by Gasteiger charge is -2.73. The van der Waals surface area contributed by atoms with Crippen molar-refractivity contribution in [2.75, 3.05) is 0 Å². The van der Waals surface area contributed by atoms with Crippen LogP contribution in [-0.2, 0) is 53.5 Å². The van der Waals surface area contributed by atoms with E-state index in [0.29, 0.717) is 5.56 Å². The van der Waals surface area contributed by atoms with Gasteiger partial charge in [0.2, 0.25) is 0 Å². The Hall–Kier alpha value is -4.14. The summed E-state index contributed by atoms with van der Waals surface area (Å²) in [7, 11) is 0. The zero-order valence-electron chi connectivity index (χ0n) is 30.8. The van der Waals surface area contributed by atoms with Gasteiger partial charge in [0.15, 0.2) is 17.8 Å². The van der Waals surface area contributed by atoms with Crippen molar-refractivity contribution in [2.24, 2.45) is 23.7 Å². The van der Waals surface area contributed by atoms with Crippen LogP contribution >= 0.6 is 0 Å². The number of benzene rings is 2. The average Bonchev–Trinajstić information content (AvgIpc) is 3.34. The second-order valence-electron chi connectivity index (χ2n) is 15.5. The molecule has 2 N–H and O–H groups in total. The highest BCUT2D eigenvalue weighted by atomic mass is 16.9. The number of ether oxygens (including phenoxy) is 7. The second-order valence-corrected chi connectivity index (χ2v) is 15.5. The highest BCUT2D eigenvalue weighted by Crippen LogP contribution is 2.72. The maximum absolute atomic E-state index is 14.2. The van der Waals surface area contributed by atoms with Crippen LogP contribution < -0.4 is 0 Å². The van der Waals surface area contributed by atoms with E-state index in [1.807, 2.05) is 0 Å². The maximum atomic E-state index is 14.2. The molecule has 13 heteroatoms. The topological polar surface area (TPSA) is 173 Å². The smallest absolute Gasteiger partial charge is 0.338 e. The van der Waals surface area contributed by atoms with Gasteiger partial charge in [-0.3, -0.25) is 14.4 Å². The Morgan fingerprint density at radius 2 is 1.34 bits per heavy atom. The molecule has 1 unspecified atom stereocenters. The first kappa shape index (κ1) is 37.2. The number of hydrogen-bond acceptors (Lipinski definition) is 13. The predicted molar refractivity (Wildman–Crippen MR) is 183 cm³/mol. The zero-order valence-corrected chi connectivity index (χ0v) is 30.8. The largest absolute Gasteiger partial charge is 0.459 e. The Bertz CT molecular complexity index is 1830. The third kappa shape index (κ3) is 5.07. The third-order valence-electron chi connectivity index (χ3n) is 12.3. The van der Waals surface area contributed by atoms with Crippen molar-refractivity contribution in [3.05, 3.63) is 83.9 Å². The lowest BCUT2D eigenvalue weighted by Crippen LogP contribution is -2.86. The highest BCUT2D eigenvalue weighted by molar-refractivity contribution is 5.89. The molecule has 0 radical (unpaired) electrons. The standard InChI is InChI=1S/C40H46O13/c1-20(2)37(45)31-22(4)39-28-19-21(3)30(47-23(5)41)38(28,46)35(49-25(7)43)36(8,52-34(44)26-15-11-9-12-16-26)32(48-24(6)42)29(39)33(37)51-40(50-31,53-39)27-17-13-10-14-18-27/h9-18,21-22,28-33,35,45-46H,1,19H2,2-8H3/t21-,22+,28+,29-,30-,31-,32-,33+,35+,36+,37-,38+,39-,40?/m0/s1. The first-order valence-corrected chi connectivity index (χ1v) is 17.9. The highest BCUT2D eigenvalue weighted by Gasteiger charge is 2.87. The summed E-state index contributed by atoms with van der Waals surface area (Å²) in [5, 5.41) is 26.6. The first-order valence-electron chi connectivity index (χ1n) is 17.9. The Labute approximate surface area is 307 Å². The summed E-state index contributed by atoms with van der Waals surface area (Å²) in [6.07, 6.45) is -7.11. The van der Waals surface area contributed by atoms with Crippen LogP contribution in [0.3, 0.4) is 0 Å². The third-order valence-corrected chi connectivity index (χ3v) is 12.3. The van der Waals surface area contributed by atoms with E-state index in [2.05, 4.69) is 6.58 Å². The molecule has 0 aromatic heterocycles. The van der Waals surface area contributed by atoms with Crippen molar-refractivity contribution in [2.45, 2.75) is 114 Å². The molecule has 284 valence electrons. The van der Waals surface area contributed by atoms with Crippen LogP contribution in [-0.4, -0.2) is 87.0 Å². The Kier molecular flexibility index (Phi) is 8.74. The summed E-state index contributed by atoms with van der Waals surface area (Å²) in [6.45, 7) is 14.2. The van der Waals surface area contributed by atoms with E-state index in [4.69, 9.17) is 33.2 Å². The van der Waals surface area contributed by atoms with Crippen LogP contribution in [0.25, 0.3) is 0 Å². The Morgan fingerprint density at radius 3 is 1.91 bits per heavy atom. The number of esters is 4. The van der Waals surface area contributed by atoms with Gasteiger partial charge in [-0.1, -0.05) is 69.0 Å². The summed E-state index contributed by atoms with van der Waals surface area (Å²) in [5.74, 6) is -9.03. The minimum Gasteiger partial charge on any atom is -0.459 e. The molecule has 13 nitrogen and oxygen atoms in total. The molecule has 3 heterocycles. The summed E-state index contributed by atoms with van der Waals surface area (Å²) >= 11 is 0. The lowest BCUT2D eigenvalue weighted by molar-refractivity contribution is -0.586. The molecule has 6 aliphatic rings. The number of hydrogen-bond donors (Lipinski definition) is 2. The van der Waals surface area contributed by atoms with E-state index in [0.717, 1.165) is 13.8 Å². The number of rotatable bonds is 7. The lowest BCUT2D eigenvalue weighted by atomic mass is 9.51. The molecule has 6 fully saturated rings. The molecule has 0 amide bonds. The Morgan fingerprint density at radius 1 is 0.792 bits per heavy atom. The average molecular weight is 735 g/mol. The van der Waals surface area contributed by atoms with Gasteiger partial charge >= 0.3 is 29.9 Å². The van der Waals surface area contributed by atoms with E-state index in [1.54, 1.807) is 69.3 Å². The van der Waals surface area contributed by atoms with Crippen LogP contribution in [0.4, 0.5) is 0 Å². The van der Waals surface area contributed by atoms with Crippen molar-refractivity contribution >= 4 is 23.9 Å². The van der Waals surface area contributed by atoms with Gasteiger partial charge in [-0.25, -0.2) is 4.79 Å². The SMILES string of the molecule is C=C(C)[C@@]1(O)[C@@H]2OC3(c4ccccc4)O[C@H]1[C@@H](C)[C@@]1(O3)[C@H]2[C@H](OC(C)=O)[C@@](C)(OC(=O)c2ccccc2)[C@@H](OC(C)=O)[C@@]2(O)[C@H]1C[C@H](C)[C@@H]2OC(C)=O. The zero-order chi connectivity index (χ0) is 38.5. The molecule has 3 saturated carbocycles. The summed E-state index contributed by atoms with van der Waals surface area (Å²) in [6, 6.07) is 16.8. The van der Waals surface area contributed by atoms with Gasteiger partial charge in [0.1, 0.15) is 29.5 Å². The van der Waals surface area contributed by atoms with Crippen molar-refractivity contribution in [3.8, 4) is 0 Å². The molecule has 8 rings (SSSR count). The van der Waals surface area contributed by atoms with E-state index in [1.165, 1.54) is 26.0 Å². The Balaban J connectivity index is 1.58. The quantitative estimate of drug-likeness (QED) is 0.240. The summed E-state index contributed by atoms with van der Waals surface area (Å²) in [4.78, 5) is 53.5. The predicted octanol–water partition coefficient (Wildman–Crippen LogP) is 3.73. The molecule has 3 saturated heterocycles. The molecule has 2 aromatic rings. The monoisotopic (exact) mass is 734 g/mol. The van der Waals surface area contributed by atoms with Crippen molar-refractivity contribution in [1.29, 1.82) is 0 Å². The van der Waals surface area contributed by atoms with Gasteiger partial charge in [0.25, 0.3) is 0 Å². The van der Waals surface area contributed by atoms with Gasteiger partial charge < -0.3 is 43.4 Å². The molecule has 1 spiro atoms. The van der Waals surface area contributed by atoms with Gasteiger partial charge in [-0.15, -0.1) is 0 Å². The minimum atomic E-state index is -2.37. The van der Waals surface area contributed by atoms with Crippen LogP contribution in [0.5, 0.6) is 0 Å². The molecule has 3 aliphatic heterocycles. The van der Waals surface area contributed by atoms with Crippen molar-refractivity contribution in [1.82, 2.24) is 0 Å². The van der Waals surface area contributed by atoms with Gasteiger partial charge in [0.05, 0.1) is 17.1 Å².